The maximum Gasteiger partial charge on any atom is 0.317 e. The summed E-state index contributed by atoms with van der Waals surface area (Å²) >= 11 is 0. The second-order valence-electron chi connectivity index (χ2n) is 4.65. The van der Waals surface area contributed by atoms with Gasteiger partial charge in [0.15, 0.2) is 0 Å². The Kier molecular flexibility index (Phi) is 5.85. The van der Waals surface area contributed by atoms with Crippen LogP contribution >= 0.6 is 0 Å². The lowest BCUT2D eigenvalue weighted by molar-refractivity contribution is -0.138. The third-order valence-electron chi connectivity index (χ3n) is 2.99. The molecule has 0 amide bonds. The molecule has 1 aromatic heterocycles. The minimum absolute atomic E-state index is 0.0734. The van der Waals surface area contributed by atoms with Crippen LogP contribution in [0.25, 0.3) is 0 Å². The van der Waals surface area contributed by atoms with Gasteiger partial charge in [0.25, 0.3) is 0 Å². The highest BCUT2D eigenvalue weighted by atomic mass is 16.4. The van der Waals surface area contributed by atoms with Crippen LogP contribution in [0, 0.1) is 0 Å². The lowest BCUT2D eigenvalue weighted by Gasteiger charge is -2.18. The molecule has 1 atom stereocenters. The van der Waals surface area contributed by atoms with Gasteiger partial charge in [-0.25, -0.2) is 0 Å². The predicted octanol–water partition coefficient (Wildman–Crippen LogP) is 2.15. The number of nitrogens with zero attached hydrogens (tertiary/aromatic N) is 3. The molecule has 0 fully saturated rings. The normalized spacial score (nSPS) is 12.9. The minimum atomic E-state index is -0.787. The molecule has 1 N–H and O–H groups in total. The summed E-state index contributed by atoms with van der Waals surface area (Å²) in [6.45, 7) is 7.75. The predicted molar refractivity (Wildman–Crippen MR) is 70.4 cm³/mol. The molecule has 0 saturated carbocycles. The van der Waals surface area contributed by atoms with Gasteiger partial charge in [-0.05, 0) is 32.4 Å². The number of rotatable bonds is 8. The van der Waals surface area contributed by atoms with Crippen molar-refractivity contribution in [1.29, 1.82) is 0 Å². The third kappa shape index (κ3) is 4.49. The van der Waals surface area contributed by atoms with Crippen LogP contribution in [0.4, 0.5) is 0 Å². The van der Waals surface area contributed by atoms with E-state index in [4.69, 9.17) is 5.11 Å². The van der Waals surface area contributed by atoms with Gasteiger partial charge in [0, 0.05) is 18.8 Å². The number of aliphatic carboxylic acids is 1. The van der Waals surface area contributed by atoms with Gasteiger partial charge >= 0.3 is 5.97 Å². The Labute approximate surface area is 108 Å². The zero-order valence-electron chi connectivity index (χ0n) is 11.5. The van der Waals surface area contributed by atoms with E-state index in [0.29, 0.717) is 12.6 Å². The highest BCUT2D eigenvalue weighted by Crippen LogP contribution is 2.10. The highest BCUT2D eigenvalue weighted by molar-refractivity contribution is 5.69. The summed E-state index contributed by atoms with van der Waals surface area (Å²) in [5, 5.41) is 13.3. The van der Waals surface area contributed by atoms with Crippen LogP contribution in [-0.4, -0.2) is 38.8 Å². The SMILES string of the molecule is CCCN(CC(=O)O)Cc1ccn(C(C)CC)n1. The Hall–Kier alpha value is -1.36. The quantitative estimate of drug-likeness (QED) is 0.771. The first kappa shape index (κ1) is 14.7. The second-order valence-corrected chi connectivity index (χ2v) is 4.65. The van der Waals surface area contributed by atoms with Crippen molar-refractivity contribution in [3.63, 3.8) is 0 Å². The average Bonchev–Trinajstić information content (AvgIpc) is 2.76. The number of hydrogen-bond acceptors (Lipinski definition) is 3. The van der Waals surface area contributed by atoms with E-state index >= 15 is 0 Å². The summed E-state index contributed by atoms with van der Waals surface area (Å²) in [6, 6.07) is 2.36. The summed E-state index contributed by atoms with van der Waals surface area (Å²) in [5.74, 6) is -0.787. The Bertz CT molecular complexity index is 376. The molecule has 18 heavy (non-hydrogen) atoms. The van der Waals surface area contributed by atoms with Gasteiger partial charge in [-0.1, -0.05) is 13.8 Å². The van der Waals surface area contributed by atoms with Crippen LogP contribution in [0.5, 0.6) is 0 Å². The molecule has 0 aliphatic heterocycles. The molecule has 0 aromatic carbocycles. The van der Waals surface area contributed by atoms with Gasteiger partial charge in [-0.2, -0.15) is 5.10 Å². The second kappa shape index (κ2) is 7.16. The largest absolute Gasteiger partial charge is 0.480 e. The molecule has 0 spiro atoms. The van der Waals surface area contributed by atoms with E-state index in [2.05, 4.69) is 18.9 Å². The van der Waals surface area contributed by atoms with Crippen LogP contribution in [0.1, 0.15) is 45.3 Å². The van der Waals surface area contributed by atoms with Gasteiger partial charge in [0.2, 0.25) is 0 Å². The topological polar surface area (TPSA) is 58.4 Å². The first-order valence-corrected chi connectivity index (χ1v) is 6.55. The van der Waals surface area contributed by atoms with Crippen molar-refractivity contribution in [2.75, 3.05) is 13.1 Å². The minimum Gasteiger partial charge on any atom is -0.480 e. The van der Waals surface area contributed by atoms with E-state index < -0.39 is 5.97 Å². The summed E-state index contributed by atoms with van der Waals surface area (Å²) in [5.41, 5.74) is 0.935. The van der Waals surface area contributed by atoms with Gasteiger partial charge in [-0.15, -0.1) is 0 Å². The molecule has 102 valence electrons. The standard InChI is InChI=1S/C13H23N3O2/c1-4-7-15(10-13(17)18)9-12-6-8-16(14-12)11(3)5-2/h6,8,11H,4-5,7,9-10H2,1-3H3,(H,17,18). The Morgan fingerprint density at radius 1 is 1.56 bits per heavy atom. The van der Waals surface area contributed by atoms with Crippen LogP contribution in [0.3, 0.4) is 0 Å². The zero-order chi connectivity index (χ0) is 13.5. The summed E-state index contributed by atoms with van der Waals surface area (Å²) in [7, 11) is 0. The molecule has 5 nitrogen and oxygen atoms in total. The van der Waals surface area contributed by atoms with Crippen molar-refractivity contribution in [3.05, 3.63) is 18.0 Å². The highest BCUT2D eigenvalue weighted by Gasteiger charge is 2.12. The fourth-order valence-electron chi connectivity index (χ4n) is 1.84. The van der Waals surface area contributed by atoms with Crippen molar-refractivity contribution in [2.45, 2.75) is 46.2 Å². The van der Waals surface area contributed by atoms with Gasteiger partial charge in [0.05, 0.1) is 12.2 Å². The van der Waals surface area contributed by atoms with Crippen molar-refractivity contribution >= 4 is 5.97 Å². The van der Waals surface area contributed by atoms with E-state index in [1.165, 1.54) is 0 Å². The first-order valence-electron chi connectivity index (χ1n) is 6.55. The lowest BCUT2D eigenvalue weighted by Crippen LogP contribution is -2.30. The van der Waals surface area contributed by atoms with Crippen LogP contribution < -0.4 is 0 Å². The van der Waals surface area contributed by atoms with Crippen LogP contribution in [0.15, 0.2) is 12.3 Å². The third-order valence-corrected chi connectivity index (χ3v) is 2.99. The maximum absolute atomic E-state index is 10.8. The molecular formula is C13H23N3O2. The number of carbonyl (C=O) groups is 1. The van der Waals surface area contributed by atoms with E-state index in [0.717, 1.165) is 25.1 Å². The molecular weight excluding hydrogens is 230 g/mol. The lowest BCUT2D eigenvalue weighted by atomic mass is 10.3. The number of carboxylic acid groups (broad SMARTS) is 1. The van der Waals surface area contributed by atoms with Crippen LogP contribution in [0.2, 0.25) is 0 Å². The van der Waals surface area contributed by atoms with Crippen LogP contribution in [-0.2, 0) is 11.3 Å². The number of aromatic nitrogens is 2. The van der Waals surface area contributed by atoms with E-state index in [1.54, 1.807) is 0 Å². The molecule has 0 aliphatic rings. The average molecular weight is 253 g/mol. The summed E-state index contributed by atoms with van der Waals surface area (Å²) in [6.07, 6.45) is 3.95. The van der Waals surface area contributed by atoms with Gasteiger partial charge in [-0.3, -0.25) is 14.4 Å². The number of hydrogen-bond donors (Lipinski definition) is 1. The number of carboxylic acids is 1. The molecule has 0 radical (unpaired) electrons. The van der Waals surface area contributed by atoms with Crippen molar-refractivity contribution < 1.29 is 9.90 Å². The summed E-state index contributed by atoms with van der Waals surface area (Å²) < 4.78 is 1.94. The molecule has 1 heterocycles. The van der Waals surface area contributed by atoms with Crippen molar-refractivity contribution in [2.24, 2.45) is 0 Å². The Morgan fingerprint density at radius 2 is 2.28 bits per heavy atom. The Balaban J connectivity index is 2.62. The molecule has 1 unspecified atom stereocenters. The fourth-order valence-corrected chi connectivity index (χ4v) is 1.84. The Morgan fingerprint density at radius 3 is 2.83 bits per heavy atom. The summed E-state index contributed by atoms with van der Waals surface area (Å²) in [4.78, 5) is 12.7. The smallest absolute Gasteiger partial charge is 0.317 e. The fraction of sp³-hybridized carbons (Fsp3) is 0.692. The van der Waals surface area contributed by atoms with E-state index in [-0.39, 0.29) is 6.54 Å². The van der Waals surface area contributed by atoms with Gasteiger partial charge in [0.1, 0.15) is 0 Å². The molecule has 1 rings (SSSR count). The molecule has 0 aliphatic carbocycles. The molecule has 0 saturated heterocycles. The zero-order valence-corrected chi connectivity index (χ0v) is 11.5. The van der Waals surface area contributed by atoms with Crippen molar-refractivity contribution in [3.8, 4) is 0 Å². The van der Waals surface area contributed by atoms with E-state index in [1.807, 2.05) is 28.8 Å². The molecule has 0 bridgehead atoms. The monoisotopic (exact) mass is 253 g/mol. The van der Waals surface area contributed by atoms with Crippen molar-refractivity contribution in [1.82, 2.24) is 14.7 Å². The van der Waals surface area contributed by atoms with Gasteiger partial charge < -0.3 is 5.11 Å². The van der Waals surface area contributed by atoms with E-state index in [9.17, 15) is 4.79 Å². The molecule has 1 aromatic rings. The maximum atomic E-state index is 10.8. The molecule has 5 heteroatoms. The first-order chi connectivity index (χ1) is 8.56.